The van der Waals surface area contributed by atoms with E-state index < -0.39 is 11.6 Å². The summed E-state index contributed by atoms with van der Waals surface area (Å²) in [5.41, 5.74) is 10.7. The predicted octanol–water partition coefficient (Wildman–Crippen LogP) is 24.7. The number of phenolic OH excluding ortho intramolecular Hbond substituents is 4. The zero-order valence-corrected chi connectivity index (χ0v) is 61.0. The summed E-state index contributed by atoms with van der Waals surface area (Å²) in [4.78, 5) is 0. The van der Waals surface area contributed by atoms with Crippen LogP contribution in [0.2, 0.25) is 5.02 Å². The molecule has 0 radical (unpaired) electrons. The van der Waals surface area contributed by atoms with Crippen molar-refractivity contribution in [2.24, 2.45) is 0 Å². The highest BCUT2D eigenvalue weighted by Gasteiger charge is 2.22. The number of hydrogen-bond donors (Lipinski definition) is 4. The molecule has 0 spiro atoms. The van der Waals surface area contributed by atoms with Crippen molar-refractivity contribution in [2.45, 2.75) is 223 Å². The van der Waals surface area contributed by atoms with Gasteiger partial charge in [0.05, 0.1) is 0 Å². The fourth-order valence-electron chi connectivity index (χ4n) is 8.33. The van der Waals surface area contributed by atoms with Crippen molar-refractivity contribution in [3.8, 4) is 23.0 Å². The van der Waals surface area contributed by atoms with Gasteiger partial charge in [0.25, 0.3) is 0 Å². The lowest BCUT2D eigenvalue weighted by Crippen LogP contribution is -2.13. The maximum atomic E-state index is 13.1. The van der Waals surface area contributed by atoms with Crippen LogP contribution in [0.25, 0.3) is 0 Å². The van der Waals surface area contributed by atoms with Crippen LogP contribution in [0.3, 0.4) is 0 Å². The average molecular weight is 1290 g/mol. The normalized spacial score (nSPS) is 11.7. The molecule has 0 aliphatic heterocycles. The third-order valence-corrected chi connectivity index (χ3v) is 14.6. The Kier molecular flexibility index (Phi) is 31.3. The average Bonchev–Trinajstić information content (AvgIpc) is 0.963. The molecule has 4 nitrogen and oxygen atoms in total. The van der Waals surface area contributed by atoms with E-state index in [0.717, 1.165) is 39.9 Å². The Morgan fingerprint density at radius 2 is 0.620 bits per heavy atom. The highest BCUT2D eigenvalue weighted by Crippen LogP contribution is 2.34. The van der Waals surface area contributed by atoms with Gasteiger partial charge in [0.15, 0.2) is 11.5 Å². The van der Waals surface area contributed by atoms with E-state index in [1.165, 1.54) is 64.2 Å². The van der Waals surface area contributed by atoms with Crippen LogP contribution in [-0.4, -0.2) is 20.4 Å². The fraction of sp³-hybridized carbons (Fsp3) is 0.415. The second-order valence-electron chi connectivity index (χ2n) is 31.4. The lowest BCUT2D eigenvalue weighted by Gasteiger charge is -2.20. The zero-order valence-electron chi connectivity index (χ0n) is 60.2. The highest BCUT2D eigenvalue weighted by atomic mass is 35.5. The molecule has 8 aromatic rings. The number of aryl methyl sites for hydroxylation is 2. The Labute approximate surface area is 557 Å². The lowest BCUT2D eigenvalue weighted by molar-refractivity contribution is 0.401. The molecule has 0 aliphatic rings. The molecule has 0 aliphatic carbocycles. The lowest BCUT2D eigenvalue weighted by atomic mass is 9.86. The van der Waals surface area contributed by atoms with Crippen molar-refractivity contribution in [3.05, 3.63) is 260 Å². The van der Waals surface area contributed by atoms with Crippen LogP contribution in [0.4, 0.5) is 22.0 Å². The van der Waals surface area contributed by atoms with Gasteiger partial charge in [0.1, 0.15) is 40.6 Å². The number of hydrogen-bond acceptors (Lipinski definition) is 4. The van der Waals surface area contributed by atoms with Gasteiger partial charge < -0.3 is 20.4 Å². The summed E-state index contributed by atoms with van der Waals surface area (Å²) in [5, 5.41) is 37.6. The summed E-state index contributed by atoms with van der Waals surface area (Å²) in [6.45, 7) is 53.8. The van der Waals surface area contributed by atoms with E-state index >= 15 is 0 Å². The highest BCUT2D eigenvalue weighted by molar-refractivity contribution is 6.30. The first kappa shape index (κ1) is 82.9. The quantitative estimate of drug-likeness (QED) is 0.0901. The summed E-state index contributed by atoms with van der Waals surface area (Å²) in [6.07, 6.45) is 0. The van der Waals surface area contributed by atoms with Crippen molar-refractivity contribution in [3.63, 3.8) is 0 Å². The summed E-state index contributed by atoms with van der Waals surface area (Å²) in [7, 11) is 0. The first-order chi connectivity index (χ1) is 41.6. The molecule has 10 heteroatoms. The smallest absolute Gasteiger partial charge is 0.157 e. The number of phenols is 4. The molecule has 0 atom stereocenters. The van der Waals surface area contributed by atoms with E-state index in [1.54, 1.807) is 30.3 Å². The maximum absolute atomic E-state index is 13.1. The number of aromatic hydroxyl groups is 4. The van der Waals surface area contributed by atoms with Gasteiger partial charge in [0, 0.05) is 17.2 Å². The summed E-state index contributed by atoms with van der Waals surface area (Å²) < 4.78 is 64.1. The Hall–Kier alpha value is -7.10. The molecular formula is C82H110ClF5O4. The summed E-state index contributed by atoms with van der Waals surface area (Å²) >= 11 is 5.85. The van der Waals surface area contributed by atoms with E-state index in [4.69, 9.17) is 21.8 Å². The molecule has 0 fully saturated rings. The molecule has 0 unspecified atom stereocenters. The van der Waals surface area contributed by atoms with E-state index in [-0.39, 0.29) is 83.8 Å². The Balaban J connectivity index is 0.000000526. The molecule has 504 valence electrons. The predicted molar refractivity (Wildman–Crippen MR) is 382 cm³/mol. The van der Waals surface area contributed by atoms with Gasteiger partial charge in [0.2, 0.25) is 0 Å². The van der Waals surface area contributed by atoms with Gasteiger partial charge in [-0.3, -0.25) is 0 Å². The van der Waals surface area contributed by atoms with Crippen LogP contribution in [0.1, 0.15) is 222 Å². The summed E-state index contributed by atoms with van der Waals surface area (Å²) in [5.74, 6) is -1.75. The zero-order chi connectivity index (χ0) is 71.3. The minimum Gasteiger partial charge on any atom is -0.508 e. The van der Waals surface area contributed by atoms with Crippen LogP contribution in [-0.2, 0) is 43.3 Å². The van der Waals surface area contributed by atoms with Crippen LogP contribution >= 0.6 is 11.6 Å². The van der Waals surface area contributed by atoms with Gasteiger partial charge >= 0.3 is 0 Å². The van der Waals surface area contributed by atoms with Gasteiger partial charge in [-0.1, -0.05) is 280 Å². The van der Waals surface area contributed by atoms with E-state index in [1.807, 2.05) is 92.6 Å². The molecule has 8 rings (SSSR count). The topological polar surface area (TPSA) is 80.9 Å². The van der Waals surface area contributed by atoms with Crippen molar-refractivity contribution in [2.75, 3.05) is 0 Å². The number of halogens is 6. The standard InChI is InChI=1S/2C11H16.C10H13Cl.2C10H12F2.C10H13F.2C10H14O2/c2*1-9-5-7-10(8-6-9)11(2,3)4;1-10(2,3)8-5-4-6-9(11)7-8;1-10(2,3)8-6-7(11)4-5-9(8)12;1-10(2,3)8-5-4-7(11)6-9(8)12;1-10(2,3)8-5-4-6-9(11)7-8;1-10(2,3)8-5-4-7(11)6-9(8)12;1-10(2,3)7-4-5-8(11)9(12)6-7/h2*5-8H,1-4H3;4-7H,1-3H3;2*4-6H,1-3H3;4-7H,1-3H3;2*4-6,11-12H,1-3H3. The Morgan fingerprint density at radius 3 is 0.957 bits per heavy atom. The molecule has 8 aromatic carbocycles. The maximum Gasteiger partial charge on any atom is 0.157 e. The van der Waals surface area contributed by atoms with Gasteiger partial charge in [-0.15, -0.1) is 0 Å². The Morgan fingerprint density at radius 1 is 0.261 bits per heavy atom. The molecule has 0 amide bonds. The molecule has 0 saturated heterocycles. The Bertz CT molecular complexity index is 3320. The van der Waals surface area contributed by atoms with E-state index in [2.05, 4.69) is 172 Å². The minimum absolute atomic E-state index is 0.00514. The van der Waals surface area contributed by atoms with Gasteiger partial charge in [-0.05, 0) is 168 Å². The monoisotopic (exact) mass is 1290 g/mol. The SMILES string of the molecule is CC(C)(C)c1cc(F)ccc1F.CC(C)(C)c1ccc(F)cc1F.CC(C)(C)c1ccc(O)c(O)c1.CC(C)(C)c1ccc(O)cc1O.CC(C)(C)c1cccc(Cl)c1.CC(C)(C)c1cccc(F)c1.Cc1ccc(C(C)(C)C)cc1.Cc1ccc(C(C)(C)C)cc1. The molecule has 0 heterocycles. The van der Waals surface area contributed by atoms with E-state index in [9.17, 15) is 32.2 Å². The second kappa shape index (κ2) is 34.7. The largest absolute Gasteiger partial charge is 0.508 e. The van der Waals surface area contributed by atoms with Crippen molar-refractivity contribution in [1.29, 1.82) is 0 Å². The molecule has 0 bridgehead atoms. The van der Waals surface area contributed by atoms with Gasteiger partial charge in [-0.2, -0.15) is 0 Å². The number of benzene rings is 8. The molecule has 0 saturated carbocycles. The van der Waals surface area contributed by atoms with Crippen LogP contribution in [0.15, 0.2) is 170 Å². The van der Waals surface area contributed by atoms with Crippen molar-refractivity contribution < 1.29 is 42.4 Å². The molecular weight excluding hydrogens is 1180 g/mol. The van der Waals surface area contributed by atoms with E-state index in [0.29, 0.717) is 11.1 Å². The molecule has 0 aromatic heterocycles. The first-order valence-electron chi connectivity index (χ1n) is 31.3. The summed E-state index contributed by atoms with van der Waals surface area (Å²) in [6, 6.07) is 49.1. The van der Waals surface area contributed by atoms with Crippen molar-refractivity contribution in [1.82, 2.24) is 0 Å². The molecule has 92 heavy (non-hydrogen) atoms. The second-order valence-corrected chi connectivity index (χ2v) is 31.8. The fourth-order valence-corrected chi connectivity index (χ4v) is 8.52. The third-order valence-electron chi connectivity index (χ3n) is 14.3. The van der Waals surface area contributed by atoms with Crippen LogP contribution in [0, 0.1) is 42.9 Å². The third kappa shape index (κ3) is 31.5. The van der Waals surface area contributed by atoms with Crippen LogP contribution < -0.4 is 0 Å². The number of rotatable bonds is 0. The minimum atomic E-state index is -0.527. The first-order valence-corrected chi connectivity index (χ1v) is 31.6. The molecule has 4 N–H and O–H groups in total. The van der Waals surface area contributed by atoms with Crippen LogP contribution in [0.5, 0.6) is 23.0 Å². The van der Waals surface area contributed by atoms with Gasteiger partial charge in [-0.25, -0.2) is 22.0 Å². The van der Waals surface area contributed by atoms with Crippen molar-refractivity contribution >= 4 is 11.6 Å².